The van der Waals surface area contributed by atoms with Crippen molar-refractivity contribution in [2.45, 2.75) is 11.8 Å². The maximum Gasteiger partial charge on any atom is 0.253 e. The van der Waals surface area contributed by atoms with Gasteiger partial charge in [-0.3, -0.25) is 14.7 Å². The van der Waals surface area contributed by atoms with Gasteiger partial charge in [-0.2, -0.15) is 0 Å². The van der Waals surface area contributed by atoms with E-state index in [-0.39, 0.29) is 10.8 Å². The minimum absolute atomic E-state index is 0.166. The fourth-order valence-electron chi connectivity index (χ4n) is 4.22. The lowest BCUT2D eigenvalue weighted by Gasteiger charge is -2.26. The molecule has 0 bridgehead atoms. The summed E-state index contributed by atoms with van der Waals surface area (Å²) < 4.78 is 32.2. The molecule has 0 saturated carbocycles. The summed E-state index contributed by atoms with van der Waals surface area (Å²) in [5.74, 6) is -0.233. The second kappa shape index (κ2) is 11.3. The van der Waals surface area contributed by atoms with Crippen LogP contribution in [0.15, 0.2) is 65.6 Å². The van der Waals surface area contributed by atoms with Crippen molar-refractivity contribution in [3.8, 4) is 22.4 Å². The van der Waals surface area contributed by atoms with Crippen molar-refractivity contribution in [3.05, 3.63) is 71.9 Å². The number of ether oxygens (including phenoxy) is 1. The van der Waals surface area contributed by atoms with E-state index in [2.05, 4.69) is 10.2 Å². The van der Waals surface area contributed by atoms with Gasteiger partial charge in [0.2, 0.25) is 10.0 Å². The van der Waals surface area contributed by atoms with Gasteiger partial charge in [-0.25, -0.2) is 12.7 Å². The average Bonchev–Trinajstić information content (AvgIpc) is 2.89. The van der Waals surface area contributed by atoms with Crippen LogP contribution in [-0.4, -0.2) is 82.0 Å². The van der Waals surface area contributed by atoms with Crippen molar-refractivity contribution in [1.82, 2.24) is 19.5 Å². The highest BCUT2D eigenvalue weighted by Gasteiger charge is 2.22. The smallest absolute Gasteiger partial charge is 0.253 e. The van der Waals surface area contributed by atoms with Gasteiger partial charge in [-0.05, 0) is 36.2 Å². The van der Waals surface area contributed by atoms with Gasteiger partial charge in [0.1, 0.15) is 0 Å². The van der Waals surface area contributed by atoms with Crippen LogP contribution in [0.2, 0.25) is 0 Å². The summed E-state index contributed by atoms with van der Waals surface area (Å²) in [5, 5.41) is 3.03. The number of nitrogens with zero attached hydrogens (tertiary/aromatic N) is 3. The molecule has 3 aromatic rings. The summed E-state index contributed by atoms with van der Waals surface area (Å²) in [6.45, 7) is 6.14. The normalized spacial score (nSPS) is 14.7. The molecule has 0 atom stereocenters. The third kappa shape index (κ3) is 5.82. The Morgan fingerprint density at radius 3 is 2.42 bits per heavy atom. The minimum Gasteiger partial charge on any atom is -0.379 e. The number of carbonyl (C=O) groups is 1. The molecule has 1 aliphatic rings. The first-order chi connectivity index (χ1) is 17.3. The van der Waals surface area contributed by atoms with Gasteiger partial charge in [0.05, 0.1) is 35.1 Å². The van der Waals surface area contributed by atoms with Crippen molar-refractivity contribution in [1.29, 1.82) is 0 Å². The number of hydrogen-bond donors (Lipinski definition) is 1. The SMILES string of the molecule is Cc1nc(-c2ccccc2)cc(-c2cccc(S(=O)(=O)N(C)C)c2)c1C(=O)NCCN1CCOCC1. The molecule has 9 heteroatoms. The molecule has 1 aromatic heterocycles. The molecule has 1 amide bonds. The highest BCUT2D eigenvalue weighted by molar-refractivity contribution is 7.89. The van der Waals surface area contributed by atoms with Crippen molar-refractivity contribution in [2.24, 2.45) is 0 Å². The monoisotopic (exact) mass is 508 g/mol. The van der Waals surface area contributed by atoms with E-state index in [1.54, 1.807) is 18.2 Å². The van der Waals surface area contributed by atoms with Crippen LogP contribution in [0.4, 0.5) is 0 Å². The van der Waals surface area contributed by atoms with Gasteiger partial charge < -0.3 is 10.1 Å². The summed E-state index contributed by atoms with van der Waals surface area (Å²) in [6.07, 6.45) is 0. The zero-order valence-electron chi connectivity index (χ0n) is 20.9. The molecule has 1 N–H and O–H groups in total. The first-order valence-electron chi connectivity index (χ1n) is 12.0. The Morgan fingerprint density at radius 2 is 1.72 bits per heavy atom. The first-order valence-corrected chi connectivity index (χ1v) is 13.4. The van der Waals surface area contributed by atoms with Crippen molar-refractivity contribution in [3.63, 3.8) is 0 Å². The third-order valence-corrected chi connectivity index (χ3v) is 8.05. The van der Waals surface area contributed by atoms with Crippen molar-refractivity contribution in [2.75, 3.05) is 53.5 Å². The van der Waals surface area contributed by atoms with Crippen LogP contribution in [-0.2, 0) is 14.8 Å². The zero-order chi connectivity index (χ0) is 25.7. The number of aryl methyl sites for hydroxylation is 1. The van der Waals surface area contributed by atoms with E-state index in [0.717, 1.165) is 25.2 Å². The van der Waals surface area contributed by atoms with Crippen LogP contribution in [0.3, 0.4) is 0 Å². The summed E-state index contributed by atoms with van der Waals surface area (Å²) in [7, 11) is -0.639. The second-order valence-corrected chi connectivity index (χ2v) is 11.1. The van der Waals surface area contributed by atoms with E-state index in [0.29, 0.717) is 47.8 Å². The van der Waals surface area contributed by atoms with E-state index in [1.165, 1.54) is 18.4 Å². The van der Waals surface area contributed by atoms with Crippen molar-refractivity contribution >= 4 is 15.9 Å². The number of nitrogens with one attached hydrogen (secondary N) is 1. The topological polar surface area (TPSA) is 91.8 Å². The summed E-state index contributed by atoms with van der Waals surface area (Å²) in [6, 6.07) is 18.3. The molecule has 0 unspecified atom stereocenters. The number of pyridine rings is 1. The molecule has 0 aliphatic carbocycles. The lowest BCUT2D eigenvalue weighted by molar-refractivity contribution is 0.0383. The van der Waals surface area contributed by atoms with Crippen LogP contribution >= 0.6 is 0 Å². The number of benzene rings is 2. The van der Waals surface area contributed by atoms with E-state index in [1.807, 2.05) is 49.4 Å². The van der Waals surface area contributed by atoms with Crippen LogP contribution < -0.4 is 5.32 Å². The Bertz CT molecular complexity index is 1320. The Morgan fingerprint density at radius 1 is 1.03 bits per heavy atom. The molecule has 190 valence electrons. The van der Waals surface area contributed by atoms with Crippen LogP contribution in [0.25, 0.3) is 22.4 Å². The molecule has 2 heterocycles. The molecule has 0 radical (unpaired) electrons. The predicted octanol–water partition coefficient (Wildman–Crippen LogP) is 3.04. The number of aromatic nitrogens is 1. The predicted molar refractivity (Wildman–Crippen MR) is 140 cm³/mol. The summed E-state index contributed by atoms with van der Waals surface area (Å²) in [5.41, 5.74) is 3.93. The second-order valence-electron chi connectivity index (χ2n) is 8.91. The van der Waals surface area contributed by atoms with Gasteiger partial charge >= 0.3 is 0 Å². The van der Waals surface area contributed by atoms with Gasteiger partial charge in [-0.1, -0.05) is 42.5 Å². The molecule has 1 aliphatic heterocycles. The van der Waals surface area contributed by atoms with Gasteiger partial charge in [0.15, 0.2) is 0 Å². The first kappa shape index (κ1) is 26.0. The highest BCUT2D eigenvalue weighted by Crippen LogP contribution is 2.32. The summed E-state index contributed by atoms with van der Waals surface area (Å²) in [4.78, 5) is 20.6. The highest BCUT2D eigenvalue weighted by atomic mass is 32.2. The maximum atomic E-state index is 13.4. The van der Waals surface area contributed by atoms with Crippen LogP contribution in [0.1, 0.15) is 16.1 Å². The van der Waals surface area contributed by atoms with Gasteiger partial charge in [0.25, 0.3) is 5.91 Å². The quantitative estimate of drug-likeness (QED) is 0.503. The maximum absolute atomic E-state index is 13.4. The molecule has 36 heavy (non-hydrogen) atoms. The molecule has 1 fully saturated rings. The van der Waals surface area contributed by atoms with E-state index in [9.17, 15) is 13.2 Å². The summed E-state index contributed by atoms with van der Waals surface area (Å²) >= 11 is 0. The van der Waals surface area contributed by atoms with Gasteiger partial charge in [-0.15, -0.1) is 0 Å². The van der Waals surface area contributed by atoms with E-state index in [4.69, 9.17) is 9.72 Å². The molecule has 8 nitrogen and oxygen atoms in total. The van der Waals surface area contributed by atoms with Crippen LogP contribution in [0.5, 0.6) is 0 Å². The number of hydrogen-bond acceptors (Lipinski definition) is 6. The average molecular weight is 509 g/mol. The molecule has 2 aromatic carbocycles. The Kier molecular flexibility index (Phi) is 8.15. The number of rotatable bonds is 8. The molecule has 4 rings (SSSR count). The minimum atomic E-state index is -3.64. The number of morpholine rings is 1. The molecule has 1 saturated heterocycles. The number of sulfonamides is 1. The fourth-order valence-corrected chi connectivity index (χ4v) is 5.17. The molecular weight excluding hydrogens is 476 g/mol. The Hall–Kier alpha value is -3.11. The standard InChI is InChI=1S/C27H32N4O4S/c1-20-26(27(32)28-12-13-31-14-16-35-17-15-31)24(19-25(29-20)21-8-5-4-6-9-21)22-10-7-11-23(18-22)36(33,34)30(2)3/h4-11,18-19H,12-17H2,1-3H3,(H,28,32). The lowest BCUT2D eigenvalue weighted by Crippen LogP contribution is -2.41. The number of amides is 1. The zero-order valence-corrected chi connectivity index (χ0v) is 21.7. The van der Waals surface area contributed by atoms with Gasteiger partial charge in [0, 0.05) is 45.8 Å². The fraction of sp³-hybridized carbons (Fsp3) is 0.333. The van der Waals surface area contributed by atoms with E-state index >= 15 is 0 Å². The van der Waals surface area contributed by atoms with E-state index < -0.39 is 10.0 Å². The lowest BCUT2D eigenvalue weighted by atomic mass is 9.96. The van der Waals surface area contributed by atoms with Crippen LogP contribution in [0, 0.1) is 6.92 Å². The van der Waals surface area contributed by atoms with Crippen molar-refractivity contribution < 1.29 is 17.9 Å². The largest absolute Gasteiger partial charge is 0.379 e. The third-order valence-electron chi connectivity index (χ3n) is 6.24. The number of carbonyl (C=O) groups excluding carboxylic acids is 1. The Labute approximate surface area is 213 Å². The molecule has 0 spiro atoms. The Balaban J connectivity index is 1.73. The molecular formula is C27H32N4O4S.